The van der Waals surface area contributed by atoms with Crippen molar-refractivity contribution >= 4 is 34.3 Å². The van der Waals surface area contributed by atoms with E-state index in [0.717, 1.165) is 55.6 Å². The second-order valence-corrected chi connectivity index (χ2v) is 11.1. The van der Waals surface area contributed by atoms with Crippen LogP contribution in [0.2, 0.25) is 5.02 Å². The first kappa shape index (κ1) is 26.2. The van der Waals surface area contributed by atoms with E-state index in [9.17, 15) is 10.2 Å². The van der Waals surface area contributed by atoms with Crippen LogP contribution in [-0.2, 0) is 0 Å². The highest BCUT2D eigenvalue weighted by Gasteiger charge is 2.34. The number of piperidine rings is 1. The molecule has 5 nitrogen and oxygen atoms in total. The van der Waals surface area contributed by atoms with Crippen LogP contribution in [0.15, 0.2) is 53.6 Å². The Bertz CT molecular complexity index is 1130. The third kappa shape index (κ3) is 6.30. The molecule has 3 aromatic rings. The van der Waals surface area contributed by atoms with E-state index in [0.29, 0.717) is 22.8 Å². The summed E-state index contributed by atoms with van der Waals surface area (Å²) >= 11 is 8.40. The molecule has 0 aliphatic carbocycles. The SMILES string of the molecule is COc1ccc2ncc(Cl)c(C(O)CCC3(CO)CCN(CCSc4ccccc4C)CC3)c2c1. The number of methoxy groups -OCH3 is 1. The molecule has 188 valence electrons. The summed E-state index contributed by atoms with van der Waals surface area (Å²) in [6, 6.07) is 14.1. The number of rotatable bonds is 10. The molecule has 2 aromatic carbocycles. The number of hydrogen-bond acceptors (Lipinski definition) is 6. The van der Waals surface area contributed by atoms with Crippen LogP contribution in [0.25, 0.3) is 10.9 Å². The Balaban J connectivity index is 1.34. The van der Waals surface area contributed by atoms with Crippen LogP contribution in [0, 0.1) is 12.3 Å². The number of likely N-dealkylation sites (tertiary alicyclic amines) is 1. The molecule has 1 fully saturated rings. The molecule has 1 saturated heterocycles. The summed E-state index contributed by atoms with van der Waals surface area (Å²) in [5.41, 5.74) is 2.63. The van der Waals surface area contributed by atoms with Crippen LogP contribution in [0.3, 0.4) is 0 Å². The molecule has 0 radical (unpaired) electrons. The predicted octanol–water partition coefficient (Wildman–Crippen LogP) is 5.89. The summed E-state index contributed by atoms with van der Waals surface area (Å²) in [6.45, 7) is 5.29. The second kappa shape index (κ2) is 11.9. The third-order valence-electron chi connectivity index (χ3n) is 7.36. The molecule has 1 atom stereocenters. The first-order valence-corrected chi connectivity index (χ1v) is 13.6. The van der Waals surface area contributed by atoms with E-state index in [-0.39, 0.29) is 12.0 Å². The number of aliphatic hydroxyl groups is 2. The number of aliphatic hydroxyl groups excluding tert-OH is 2. The molecule has 1 aliphatic heterocycles. The van der Waals surface area contributed by atoms with Crippen molar-refractivity contribution in [3.05, 3.63) is 64.8 Å². The average Bonchev–Trinajstić information content (AvgIpc) is 2.89. The maximum atomic E-state index is 11.2. The van der Waals surface area contributed by atoms with E-state index in [1.807, 2.05) is 30.0 Å². The minimum Gasteiger partial charge on any atom is -0.497 e. The van der Waals surface area contributed by atoms with Crippen LogP contribution in [-0.4, -0.2) is 59.2 Å². The minimum atomic E-state index is -0.730. The second-order valence-electron chi connectivity index (χ2n) is 9.57. The van der Waals surface area contributed by atoms with Crippen LogP contribution < -0.4 is 4.74 Å². The van der Waals surface area contributed by atoms with Gasteiger partial charge >= 0.3 is 0 Å². The maximum absolute atomic E-state index is 11.2. The quantitative estimate of drug-likeness (QED) is 0.329. The first-order chi connectivity index (χ1) is 16.9. The highest BCUT2D eigenvalue weighted by atomic mass is 35.5. The number of hydrogen-bond donors (Lipinski definition) is 2. The Morgan fingerprint density at radius 3 is 2.69 bits per heavy atom. The lowest BCUT2D eigenvalue weighted by Gasteiger charge is -2.41. The summed E-state index contributed by atoms with van der Waals surface area (Å²) in [6.07, 6.45) is 4.03. The van der Waals surface area contributed by atoms with Crippen molar-refractivity contribution in [2.45, 2.75) is 43.6 Å². The fourth-order valence-electron chi connectivity index (χ4n) is 4.96. The Morgan fingerprint density at radius 2 is 1.97 bits per heavy atom. The van der Waals surface area contributed by atoms with Crippen LogP contribution in [0.1, 0.15) is 42.9 Å². The fraction of sp³-hybridized carbons (Fsp3) is 0.464. The number of halogens is 1. The van der Waals surface area contributed by atoms with Gasteiger partial charge in [-0.1, -0.05) is 29.8 Å². The lowest BCUT2D eigenvalue weighted by atomic mass is 9.74. The van der Waals surface area contributed by atoms with E-state index in [4.69, 9.17) is 16.3 Å². The minimum absolute atomic E-state index is 0.143. The fourth-order valence-corrected chi connectivity index (χ4v) is 6.28. The van der Waals surface area contributed by atoms with Crippen molar-refractivity contribution in [2.75, 3.05) is 39.1 Å². The van der Waals surface area contributed by atoms with E-state index in [1.165, 1.54) is 10.5 Å². The highest BCUT2D eigenvalue weighted by molar-refractivity contribution is 7.99. The van der Waals surface area contributed by atoms with Gasteiger partial charge in [0.25, 0.3) is 0 Å². The van der Waals surface area contributed by atoms with Gasteiger partial charge in [0.2, 0.25) is 0 Å². The largest absolute Gasteiger partial charge is 0.497 e. The number of fused-ring (bicyclic) bond motifs is 1. The molecular formula is C28H35ClN2O3S. The molecule has 2 heterocycles. The van der Waals surface area contributed by atoms with E-state index < -0.39 is 6.10 Å². The predicted molar refractivity (Wildman–Crippen MR) is 145 cm³/mol. The zero-order chi connectivity index (χ0) is 24.8. The van der Waals surface area contributed by atoms with Gasteiger partial charge in [0.1, 0.15) is 5.75 Å². The smallest absolute Gasteiger partial charge is 0.119 e. The summed E-state index contributed by atoms with van der Waals surface area (Å²) < 4.78 is 5.36. The molecule has 0 spiro atoms. The molecule has 0 bridgehead atoms. The molecule has 1 unspecified atom stereocenters. The van der Waals surface area contributed by atoms with Gasteiger partial charge in [0.05, 0.1) is 23.8 Å². The van der Waals surface area contributed by atoms with Crippen molar-refractivity contribution in [2.24, 2.45) is 5.41 Å². The Labute approximate surface area is 217 Å². The molecule has 35 heavy (non-hydrogen) atoms. The van der Waals surface area contributed by atoms with Crippen LogP contribution >= 0.6 is 23.4 Å². The average molecular weight is 515 g/mol. The summed E-state index contributed by atoms with van der Waals surface area (Å²) in [4.78, 5) is 8.24. The number of pyridine rings is 1. The van der Waals surface area contributed by atoms with Gasteiger partial charge in [-0.3, -0.25) is 4.98 Å². The van der Waals surface area contributed by atoms with Gasteiger partial charge in [-0.25, -0.2) is 0 Å². The summed E-state index contributed by atoms with van der Waals surface area (Å²) in [7, 11) is 1.62. The topological polar surface area (TPSA) is 65.8 Å². The standard InChI is InChI=1S/C28H35ClN2O3S/c1-20-5-3-4-6-26(20)35-16-15-31-13-11-28(19-32,12-14-31)10-9-25(33)27-22-17-21(34-2)7-8-24(22)30-18-23(27)29/h3-8,17-18,25,32-33H,9-16,19H2,1-2H3. The van der Waals surface area contributed by atoms with Crippen molar-refractivity contribution < 1.29 is 14.9 Å². The normalized spacial score (nSPS) is 16.9. The van der Waals surface area contributed by atoms with Gasteiger partial charge in [-0.2, -0.15) is 0 Å². The van der Waals surface area contributed by atoms with E-state index in [2.05, 4.69) is 41.1 Å². The van der Waals surface area contributed by atoms with Crippen molar-refractivity contribution in [1.29, 1.82) is 0 Å². The molecule has 1 aromatic heterocycles. The summed E-state index contributed by atoms with van der Waals surface area (Å²) in [5.74, 6) is 1.77. The molecule has 1 aliphatic rings. The van der Waals surface area contributed by atoms with Gasteiger partial charge in [0, 0.05) is 40.9 Å². The number of aryl methyl sites for hydroxylation is 1. The van der Waals surface area contributed by atoms with E-state index in [1.54, 1.807) is 13.3 Å². The molecular weight excluding hydrogens is 480 g/mol. The highest BCUT2D eigenvalue weighted by Crippen LogP contribution is 2.40. The zero-order valence-electron chi connectivity index (χ0n) is 20.5. The molecule has 2 N–H and O–H groups in total. The summed E-state index contributed by atoms with van der Waals surface area (Å²) in [5, 5.41) is 22.7. The number of ether oxygens (including phenoxy) is 1. The van der Waals surface area contributed by atoms with Crippen molar-refractivity contribution in [1.82, 2.24) is 9.88 Å². The molecule has 0 amide bonds. The molecule has 0 saturated carbocycles. The number of benzene rings is 2. The van der Waals surface area contributed by atoms with Gasteiger partial charge in [0.15, 0.2) is 0 Å². The number of nitrogens with zero attached hydrogens (tertiary/aromatic N) is 2. The maximum Gasteiger partial charge on any atom is 0.119 e. The third-order valence-corrected chi connectivity index (χ3v) is 8.82. The van der Waals surface area contributed by atoms with Crippen molar-refractivity contribution in [3.63, 3.8) is 0 Å². The Kier molecular flexibility index (Phi) is 8.95. The van der Waals surface area contributed by atoms with Gasteiger partial charge in [-0.15, -0.1) is 11.8 Å². The van der Waals surface area contributed by atoms with Gasteiger partial charge in [-0.05, 0) is 80.9 Å². The van der Waals surface area contributed by atoms with Gasteiger partial charge < -0.3 is 19.8 Å². The molecule has 4 rings (SSSR count). The zero-order valence-corrected chi connectivity index (χ0v) is 22.1. The lowest BCUT2D eigenvalue weighted by molar-refractivity contribution is 0.0254. The molecule has 7 heteroatoms. The number of thioether (sulfide) groups is 1. The van der Waals surface area contributed by atoms with E-state index >= 15 is 0 Å². The van der Waals surface area contributed by atoms with Crippen LogP contribution in [0.5, 0.6) is 5.75 Å². The monoisotopic (exact) mass is 514 g/mol. The van der Waals surface area contributed by atoms with Crippen LogP contribution in [0.4, 0.5) is 0 Å². The van der Waals surface area contributed by atoms with Crippen molar-refractivity contribution in [3.8, 4) is 5.75 Å². The number of aromatic nitrogens is 1. The Hall–Kier alpha value is -1.83. The Morgan fingerprint density at radius 1 is 1.20 bits per heavy atom. The first-order valence-electron chi connectivity index (χ1n) is 12.3. The lowest BCUT2D eigenvalue weighted by Crippen LogP contribution is -2.43.